The lowest BCUT2D eigenvalue weighted by Crippen LogP contribution is -2.30. The number of hydrogen-bond donors (Lipinski definition) is 1. The molecule has 0 aromatic carbocycles. The van der Waals surface area contributed by atoms with Crippen molar-refractivity contribution in [3.63, 3.8) is 0 Å². The molecule has 0 spiro atoms. The minimum absolute atomic E-state index is 0.170. The van der Waals surface area contributed by atoms with Gasteiger partial charge in [0.15, 0.2) is 0 Å². The van der Waals surface area contributed by atoms with E-state index >= 15 is 0 Å². The highest BCUT2D eigenvalue weighted by Crippen LogP contribution is 2.32. The van der Waals surface area contributed by atoms with Crippen LogP contribution in [0.4, 0.5) is 0 Å². The average Bonchev–Trinajstić information content (AvgIpc) is 3.19. The topological polar surface area (TPSA) is 88.3 Å². The smallest absolute Gasteiger partial charge is 0.309 e. The van der Waals surface area contributed by atoms with Crippen LogP contribution in [0.3, 0.4) is 0 Å². The van der Waals surface area contributed by atoms with Gasteiger partial charge in [-0.1, -0.05) is 6.07 Å². The highest BCUT2D eigenvalue weighted by atomic mass is 16.4. The van der Waals surface area contributed by atoms with Crippen molar-refractivity contribution in [2.75, 3.05) is 13.1 Å². The molecule has 0 radical (unpaired) electrons. The van der Waals surface area contributed by atoms with Gasteiger partial charge in [0.05, 0.1) is 17.7 Å². The third-order valence-corrected chi connectivity index (χ3v) is 4.63. The van der Waals surface area contributed by atoms with Crippen LogP contribution in [-0.4, -0.2) is 49.7 Å². The highest BCUT2D eigenvalue weighted by molar-refractivity contribution is 5.95. The van der Waals surface area contributed by atoms with E-state index in [0.29, 0.717) is 24.3 Å². The van der Waals surface area contributed by atoms with E-state index in [2.05, 4.69) is 10.1 Å². The Bertz CT molecular complexity index is 756. The monoisotopic (exact) mass is 328 g/mol. The number of pyridine rings is 1. The minimum atomic E-state index is -0.901. The minimum Gasteiger partial charge on any atom is -0.481 e. The molecule has 1 aliphatic rings. The van der Waals surface area contributed by atoms with Gasteiger partial charge < -0.3 is 10.0 Å². The zero-order valence-electron chi connectivity index (χ0n) is 13.7. The van der Waals surface area contributed by atoms with Crippen molar-refractivity contribution < 1.29 is 14.7 Å². The van der Waals surface area contributed by atoms with Crippen molar-refractivity contribution in [2.24, 2.45) is 5.92 Å². The fraction of sp³-hybridized carbons (Fsp3) is 0.412. The summed E-state index contributed by atoms with van der Waals surface area (Å²) in [6.45, 7) is 5.04. The molecule has 3 rings (SSSR count). The Kier molecular flexibility index (Phi) is 4.33. The van der Waals surface area contributed by atoms with E-state index < -0.39 is 11.9 Å². The molecule has 1 saturated heterocycles. The van der Waals surface area contributed by atoms with Crippen LogP contribution in [-0.2, 0) is 11.3 Å². The van der Waals surface area contributed by atoms with Gasteiger partial charge in [-0.2, -0.15) is 5.10 Å². The molecule has 0 aliphatic carbocycles. The predicted octanol–water partition coefficient (Wildman–Crippen LogP) is 1.55. The van der Waals surface area contributed by atoms with Crippen molar-refractivity contribution in [1.82, 2.24) is 19.7 Å². The Labute approximate surface area is 139 Å². The number of aryl methyl sites for hydroxylation is 1. The number of aromatic nitrogens is 3. The molecule has 24 heavy (non-hydrogen) atoms. The van der Waals surface area contributed by atoms with Crippen LogP contribution in [0.5, 0.6) is 0 Å². The summed E-state index contributed by atoms with van der Waals surface area (Å²) in [6.07, 6.45) is 3.21. The zero-order chi connectivity index (χ0) is 17.3. The molecule has 126 valence electrons. The Morgan fingerprint density at radius 3 is 2.71 bits per heavy atom. The second-order valence-electron chi connectivity index (χ2n) is 5.98. The molecule has 0 bridgehead atoms. The number of aliphatic carboxylic acids is 1. The SMILES string of the molecule is CCn1ncc(C(=O)N2C[C@H](C(=O)O)[C@@H](c3ccccn3)C2)c1C. The third-order valence-electron chi connectivity index (χ3n) is 4.63. The molecule has 0 unspecified atom stereocenters. The lowest BCUT2D eigenvalue weighted by Gasteiger charge is -2.16. The summed E-state index contributed by atoms with van der Waals surface area (Å²) in [5, 5.41) is 13.7. The molecule has 2 aromatic heterocycles. The number of carbonyl (C=O) groups excluding carboxylic acids is 1. The van der Waals surface area contributed by atoms with Crippen LogP contribution in [0.1, 0.15) is 34.6 Å². The van der Waals surface area contributed by atoms with Gasteiger partial charge in [-0.3, -0.25) is 19.3 Å². The molecule has 2 atom stereocenters. The standard InChI is InChI=1S/C17H20N4O3/c1-3-21-11(2)12(8-19-21)16(22)20-9-13(14(10-20)17(23)24)15-6-4-5-7-18-15/h4-8,13-14H,3,9-10H2,1-2H3,(H,23,24)/t13-,14-/m0/s1. The molecule has 3 heterocycles. The predicted molar refractivity (Wildman–Crippen MR) is 86.6 cm³/mol. The number of rotatable bonds is 4. The number of hydrogen-bond acceptors (Lipinski definition) is 4. The van der Waals surface area contributed by atoms with Crippen LogP contribution in [0.25, 0.3) is 0 Å². The van der Waals surface area contributed by atoms with Gasteiger partial charge in [0, 0.05) is 43.1 Å². The quantitative estimate of drug-likeness (QED) is 0.920. The van der Waals surface area contributed by atoms with Gasteiger partial charge in [-0.25, -0.2) is 0 Å². The first-order chi connectivity index (χ1) is 11.5. The molecule has 1 aliphatic heterocycles. The summed E-state index contributed by atoms with van der Waals surface area (Å²) in [7, 11) is 0. The zero-order valence-corrected chi connectivity index (χ0v) is 13.7. The van der Waals surface area contributed by atoms with E-state index in [-0.39, 0.29) is 18.4 Å². The molecule has 0 saturated carbocycles. The number of carboxylic acid groups (broad SMARTS) is 1. The first kappa shape index (κ1) is 16.2. The van der Waals surface area contributed by atoms with Crippen molar-refractivity contribution >= 4 is 11.9 Å². The number of likely N-dealkylation sites (tertiary alicyclic amines) is 1. The number of amides is 1. The van der Waals surface area contributed by atoms with Crippen LogP contribution < -0.4 is 0 Å². The molecule has 1 N–H and O–H groups in total. The van der Waals surface area contributed by atoms with E-state index in [1.54, 1.807) is 28.0 Å². The summed E-state index contributed by atoms with van der Waals surface area (Å²) in [5.74, 6) is -2.02. The third kappa shape index (κ3) is 2.77. The summed E-state index contributed by atoms with van der Waals surface area (Å²) in [5.41, 5.74) is 2.04. The molecule has 2 aromatic rings. The largest absolute Gasteiger partial charge is 0.481 e. The van der Waals surface area contributed by atoms with Crippen molar-refractivity contribution in [3.8, 4) is 0 Å². The van der Waals surface area contributed by atoms with Gasteiger partial charge in [0.2, 0.25) is 0 Å². The normalized spacial score (nSPS) is 20.3. The van der Waals surface area contributed by atoms with Crippen molar-refractivity contribution in [3.05, 3.63) is 47.5 Å². The van der Waals surface area contributed by atoms with Gasteiger partial charge in [-0.15, -0.1) is 0 Å². The first-order valence-electron chi connectivity index (χ1n) is 7.98. The van der Waals surface area contributed by atoms with Gasteiger partial charge in [-0.05, 0) is 26.0 Å². The molecule has 7 heteroatoms. The Morgan fingerprint density at radius 2 is 2.12 bits per heavy atom. The second kappa shape index (κ2) is 6.43. The maximum Gasteiger partial charge on any atom is 0.309 e. The fourth-order valence-corrected chi connectivity index (χ4v) is 3.26. The van der Waals surface area contributed by atoms with Gasteiger partial charge in [0.1, 0.15) is 0 Å². The summed E-state index contributed by atoms with van der Waals surface area (Å²) >= 11 is 0. The first-order valence-corrected chi connectivity index (χ1v) is 7.98. The molecule has 1 fully saturated rings. The van der Waals surface area contributed by atoms with Gasteiger partial charge >= 0.3 is 5.97 Å². The Balaban J connectivity index is 1.86. The van der Waals surface area contributed by atoms with Crippen LogP contribution in [0, 0.1) is 12.8 Å². The van der Waals surface area contributed by atoms with E-state index in [1.165, 1.54) is 0 Å². The number of nitrogens with zero attached hydrogens (tertiary/aromatic N) is 4. The van der Waals surface area contributed by atoms with Crippen LogP contribution in [0.2, 0.25) is 0 Å². The lowest BCUT2D eigenvalue weighted by atomic mass is 9.93. The summed E-state index contributed by atoms with van der Waals surface area (Å²) < 4.78 is 1.76. The van der Waals surface area contributed by atoms with Crippen LogP contribution >= 0.6 is 0 Å². The lowest BCUT2D eigenvalue weighted by molar-refractivity contribution is -0.141. The number of carbonyl (C=O) groups is 2. The van der Waals surface area contributed by atoms with Gasteiger partial charge in [0.25, 0.3) is 5.91 Å². The summed E-state index contributed by atoms with van der Waals surface area (Å²) in [4.78, 5) is 30.3. The molecular formula is C17H20N4O3. The maximum atomic E-state index is 12.8. The van der Waals surface area contributed by atoms with E-state index in [4.69, 9.17) is 0 Å². The van der Waals surface area contributed by atoms with E-state index in [1.807, 2.05) is 26.0 Å². The maximum absolute atomic E-state index is 12.8. The summed E-state index contributed by atoms with van der Waals surface area (Å²) in [6, 6.07) is 5.44. The van der Waals surface area contributed by atoms with E-state index in [0.717, 1.165) is 5.69 Å². The van der Waals surface area contributed by atoms with Crippen LogP contribution in [0.15, 0.2) is 30.6 Å². The highest BCUT2D eigenvalue weighted by Gasteiger charge is 2.41. The molecule has 1 amide bonds. The number of carboxylic acids is 1. The molecule has 7 nitrogen and oxygen atoms in total. The second-order valence-corrected chi connectivity index (χ2v) is 5.98. The molecular weight excluding hydrogens is 308 g/mol. The van der Waals surface area contributed by atoms with Crippen molar-refractivity contribution in [1.29, 1.82) is 0 Å². The Hall–Kier alpha value is -2.70. The average molecular weight is 328 g/mol. The van der Waals surface area contributed by atoms with Crippen molar-refractivity contribution in [2.45, 2.75) is 26.3 Å². The fourth-order valence-electron chi connectivity index (χ4n) is 3.26. The Morgan fingerprint density at radius 1 is 1.33 bits per heavy atom. The van der Waals surface area contributed by atoms with E-state index in [9.17, 15) is 14.7 Å².